The van der Waals surface area contributed by atoms with Gasteiger partial charge in [0.05, 0.1) is 6.61 Å². The smallest absolute Gasteiger partial charge is 0.255 e. The van der Waals surface area contributed by atoms with E-state index >= 15 is 0 Å². The molecule has 38 heavy (non-hydrogen) atoms. The first-order chi connectivity index (χ1) is 18.6. The number of piperidine rings is 1. The molecule has 3 aliphatic rings. The number of hydrogen-bond acceptors (Lipinski definition) is 7. The molecule has 2 saturated heterocycles. The van der Waals surface area contributed by atoms with E-state index in [2.05, 4.69) is 32.7 Å². The summed E-state index contributed by atoms with van der Waals surface area (Å²) >= 11 is 0. The Kier molecular flexibility index (Phi) is 8.53. The van der Waals surface area contributed by atoms with Crippen molar-refractivity contribution in [1.82, 2.24) is 20.5 Å². The number of carbonyl (C=O) groups is 3. The van der Waals surface area contributed by atoms with Crippen molar-refractivity contribution in [2.75, 3.05) is 31.1 Å². The number of ether oxygens (including phenoxy) is 1. The first kappa shape index (κ1) is 26.2. The monoisotopic (exact) mass is 519 g/mol. The molecule has 3 amide bonds. The topological polar surface area (TPSA) is 104 Å². The maximum absolute atomic E-state index is 12.8. The second kappa shape index (κ2) is 12.4. The SMILES string of the molecule is O=C1CCC(N2Cc3cc(OCCCCCCNCc4ccc(N5CCCC5)nc4)ccc3C2=O)C(=O)N1. The number of carbonyl (C=O) groups excluding carboxylic acids is 3. The lowest BCUT2D eigenvalue weighted by atomic mass is 10.0. The van der Waals surface area contributed by atoms with E-state index in [9.17, 15) is 14.4 Å². The van der Waals surface area contributed by atoms with E-state index in [0.29, 0.717) is 25.1 Å². The van der Waals surface area contributed by atoms with E-state index < -0.39 is 11.9 Å². The summed E-state index contributed by atoms with van der Waals surface area (Å²) in [5.74, 6) is 1.00. The molecule has 0 aliphatic carbocycles. The molecule has 2 aromatic rings. The quantitative estimate of drug-likeness (QED) is 0.328. The molecule has 1 aromatic carbocycles. The van der Waals surface area contributed by atoms with E-state index in [4.69, 9.17) is 4.74 Å². The number of hydrogen-bond donors (Lipinski definition) is 2. The highest BCUT2D eigenvalue weighted by molar-refractivity contribution is 6.05. The van der Waals surface area contributed by atoms with Crippen LogP contribution in [0, 0.1) is 0 Å². The van der Waals surface area contributed by atoms with Gasteiger partial charge in [0.2, 0.25) is 11.8 Å². The summed E-state index contributed by atoms with van der Waals surface area (Å²) in [6, 6.07) is 9.21. The minimum atomic E-state index is -0.594. The van der Waals surface area contributed by atoms with E-state index in [1.165, 1.54) is 18.4 Å². The van der Waals surface area contributed by atoms with Crippen LogP contribution in [0.15, 0.2) is 36.5 Å². The molecule has 4 heterocycles. The van der Waals surface area contributed by atoms with Crippen molar-refractivity contribution < 1.29 is 19.1 Å². The van der Waals surface area contributed by atoms with Crippen LogP contribution in [0.5, 0.6) is 5.75 Å². The van der Waals surface area contributed by atoms with Gasteiger partial charge in [0, 0.05) is 44.4 Å². The third-order valence-electron chi connectivity index (χ3n) is 7.58. The summed E-state index contributed by atoms with van der Waals surface area (Å²) in [5.41, 5.74) is 2.69. The molecule has 5 rings (SSSR count). The number of amides is 3. The van der Waals surface area contributed by atoms with Crippen molar-refractivity contribution in [3.05, 3.63) is 53.2 Å². The largest absolute Gasteiger partial charge is 0.494 e. The molecular weight excluding hydrogens is 482 g/mol. The molecule has 9 nitrogen and oxygen atoms in total. The first-order valence-electron chi connectivity index (χ1n) is 13.9. The predicted octanol–water partition coefficient (Wildman–Crippen LogP) is 3.17. The highest BCUT2D eigenvalue weighted by Gasteiger charge is 2.39. The van der Waals surface area contributed by atoms with Crippen LogP contribution in [0.2, 0.25) is 0 Å². The van der Waals surface area contributed by atoms with Gasteiger partial charge in [-0.15, -0.1) is 0 Å². The molecule has 1 unspecified atom stereocenters. The summed E-state index contributed by atoms with van der Waals surface area (Å²) in [6.07, 6.45) is 9.47. The maximum Gasteiger partial charge on any atom is 0.255 e. The third kappa shape index (κ3) is 6.32. The van der Waals surface area contributed by atoms with Gasteiger partial charge in [0.15, 0.2) is 0 Å². The van der Waals surface area contributed by atoms with Crippen molar-refractivity contribution in [1.29, 1.82) is 0 Å². The minimum absolute atomic E-state index is 0.162. The number of imide groups is 1. The molecule has 0 saturated carbocycles. The van der Waals surface area contributed by atoms with Gasteiger partial charge in [0.25, 0.3) is 5.91 Å². The Bertz CT molecular complexity index is 1150. The molecule has 0 radical (unpaired) electrons. The number of unbranched alkanes of at least 4 members (excludes halogenated alkanes) is 3. The molecule has 0 spiro atoms. The van der Waals surface area contributed by atoms with Gasteiger partial charge in [-0.2, -0.15) is 0 Å². The summed E-state index contributed by atoms with van der Waals surface area (Å²) in [5, 5.41) is 5.84. The van der Waals surface area contributed by atoms with Crippen molar-refractivity contribution >= 4 is 23.5 Å². The van der Waals surface area contributed by atoms with Crippen molar-refractivity contribution in [3.8, 4) is 5.75 Å². The lowest BCUT2D eigenvalue weighted by Gasteiger charge is -2.29. The van der Waals surface area contributed by atoms with Gasteiger partial charge < -0.3 is 19.9 Å². The molecular formula is C29H37N5O4. The van der Waals surface area contributed by atoms with Gasteiger partial charge in [-0.1, -0.05) is 18.9 Å². The van der Waals surface area contributed by atoms with E-state index in [0.717, 1.165) is 69.0 Å². The molecule has 2 fully saturated rings. The van der Waals surface area contributed by atoms with Crippen molar-refractivity contribution in [2.24, 2.45) is 0 Å². The standard InChI is InChI=1S/C29H37N5O4/c35-27-12-10-25(28(36)32-27)34-20-22-17-23(8-9-24(22)29(34)37)38-16-6-2-1-3-13-30-18-21-7-11-26(31-19-21)33-14-4-5-15-33/h7-9,11,17,19,25,30H,1-6,10,12-16,18,20H2,(H,32,35,36). The number of rotatable bonds is 12. The lowest BCUT2D eigenvalue weighted by molar-refractivity contribution is -0.136. The Balaban J connectivity index is 0.951. The second-order valence-corrected chi connectivity index (χ2v) is 10.4. The average Bonchev–Trinajstić information content (AvgIpc) is 3.57. The van der Waals surface area contributed by atoms with Gasteiger partial charge in [-0.25, -0.2) is 4.98 Å². The summed E-state index contributed by atoms with van der Waals surface area (Å²) < 4.78 is 5.93. The van der Waals surface area contributed by atoms with E-state index in [1.807, 2.05) is 18.3 Å². The highest BCUT2D eigenvalue weighted by Crippen LogP contribution is 2.30. The molecule has 202 valence electrons. The summed E-state index contributed by atoms with van der Waals surface area (Å²) in [7, 11) is 0. The Morgan fingerprint density at radius 2 is 1.87 bits per heavy atom. The summed E-state index contributed by atoms with van der Waals surface area (Å²) in [4.78, 5) is 45.0. The van der Waals surface area contributed by atoms with Crippen LogP contribution in [0.25, 0.3) is 0 Å². The number of fused-ring (bicyclic) bond motifs is 1. The van der Waals surface area contributed by atoms with Crippen LogP contribution < -0.4 is 20.3 Å². The fraction of sp³-hybridized carbons (Fsp3) is 0.517. The zero-order valence-electron chi connectivity index (χ0n) is 21.9. The van der Waals surface area contributed by atoms with Crippen LogP contribution in [0.3, 0.4) is 0 Å². The van der Waals surface area contributed by atoms with Gasteiger partial charge in [0.1, 0.15) is 17.6 Å². The second-order valence-electron chi connectivity index (χ2n) is 10.4. The molecule has 3 aliphatic heterocycles. The van der Waals surface area contributed by atoms with E-state index in [-0.39, 0.29) is 18.2 Å². The van der Waals surface area contributed by atoms with Crippen molar-refractivity contribution in [2.45, 2.75) is 70.5 Å². The number of aromatic nitrogens is 1. The van der Waals surface area contributed by atoms with Gasteiger partial charge in [-0.3, -0.25) is 19.7 Å². The number of nitrogens with one attached hydrogen (secondary N) is 2. The fourth-order valence-electron chi connectivity index (χ4n) is 5.42. The number of benzene rings is 1. The molecule has 9 heteroatoms. The van der Waals surface area contributed by atoms with Crippen LogP contribution in [0.4, 0.5) is 5.82 Å². The molecule has 1 aromatic heterocycles. The van der Waals surface area contributed by atoms with Gasteiger partial charge >= 0.3 is 0 Å². The van der Waals surface area contributed by atoms with Crippen LogP contribution in [-0.4, -0.2) is 59.9 Å². The summed E-state index contributed by atoms with van der Waals surface area (Å²) in [6.45, 7) is 5.06. The molecule has 1 atom stereocenters. The van der Waals surface area contributed by atoms with E-state index in [1.54, 1.807) is 11.0 Å². The minimum Gasteiger partial charge on any atom is -0.494 e. The Morgan fingerprint density at radius 3 is 2.66 bits per heavy atom. The van der Waals surface area contributed by atoms with Crippen LogP contribution >= 0.6 is 0 Å². The average molecular weight is 520 g/mol. The Hall–Kier alpha value is -3.46. The predicted molar refractivity (Wildman–Crippen MR) is 144 cm³/mol. The number of pyridine rings is 1. The highest BCUT2D eigenvalue weighted by atomic mass is 16.5. The molecule has 0 bridgehead atoms. The lowest BCUT2D eigenvalue weighted by Crippen LogP contribution is -2.52. The van der Waals surface area contributed by atoms with Gasteiger partial charge in [-0.05, 0) is 74.0 Å². The molecule has 2 N–H and O–H groups in total. The zero-order valence-corrected chi connectivity index (χ0v) is 21.9. The third-order valence-corrected chi connectivity index (χ3v) is 7.58. The van der Waals surface area contributed by atoms with Crippen LogP contribution in [0.1, 0.15) is 72.9 Å². The Labute approximate surface area is 223 Å². The normalized spacial score (nSPS) is 19.2. The van der Waals surface area contributed by atoms with Crippen molar-refractivity contribution in [3.63, 3.8) is 0 Å². The first-order valence-corrected chi connectivity index (χ1v) is 13.9. The maximum atomic E-state index is 12.8. The fourth-order valence-corrected chi connectivity index (χ4v) is 5.42. The van der Waals surface area contributed by atoms with Crippen LogP contribution in [-0.2, 0) is 22.7 Å². The number of nitrogens with zero attached hydrogens (tertiary/aromatic N) is 3. The zero-order chi connectivity index (χ0) is 26.3. The Morgan fingerprint density at radius 1 is 1.03 bits per heavy atom. The number of anilines is 1.